The minimum absolute atomic E-state index is 0.0446. The van der Waals surface area contributed by atoms with Crippen LogP contribution in [0.1, 0.15) is 61.1 Å². The first kappa shape index (κ1) is 24.4. The summed E-state index contributed by atoms with van der Waals surface area (Å²) in [6, 6.07) is 10.9. The molecule has 1 aromatic heterocycles. The minimum Gasteiger partial charge on any atom is -0.315 e. The molecular weight excluding hydrogens is 390 g/mol. The Bertz CT molecular complexity index is 889. The highest BCUT2D eigenvalue weighted by Crippen LogP contribution is 2.28. The van der Waals surface area contributed by atoms with Gasteiger partial charge in [-0.25, -0.2) is 9.48 Å². The van der Waals surface area contributed by atoms with Crippen LogP contribution >= 0.6 is 0 Å². The highest BCUT2D eigenvalue weighted by atomic mass is 16.2. The second-order valence-corrected chi connectivity index (χ2v) is 10.4. The molecule has 3 amide bonds. The number of carbonyl (C=O) groups is 2. The molecule has 0 unspecified atom stereocenters. The van der Waals surface area contributed by atoms with E-state index in [-0.39, 0.29) is 35.4 Å². The molecule has 31 heavy (non-hydrogen) atoms. The van der Waals surface area contributed by atoms with Crippen molar-refractivity contribution in [2.45, 2.75) is 66.3 Å². The van der Waals surface area contributed by atoms with Crippen molar-refractivity contribution in [3.8, 4) is 0 Å². The summed E-state index contributed by atoms with van der Waals surface area (Å²) in [5.74, 6) is 0.604. The smallest absolute Gasteiger partial charge is 0.315 e. The van der Waals surface area contributed by atoms with Gasteiger partial charge in [0.1, 0.15) is 12.4 Å². The number of urea groups is 1. The van der Waals surface area contributed by atoms with Crippen molar-refractivity contribution >= 4 is 23.4 Å². The molecule has 0 fully saturated rings. The van der Waals surface area contributed by atoms with Gasteiger partial charge in [0.15, 0.2) is 0 Å². The lowest BCUT2D eigenvalue weighted by atomic mass is 9.92. The number of benzene rings is 1. The Morgan fingerprint density at radius 1 is 1.03 bits per heavy atom. The standard InChI is InChI=1S/C24H37N5O2/c1-17(2)15-28(22(31)25-18-12-10-9-11-13-18)16-21(30)26-20-14-19(23(3,4)5)27-29(20)24(6,7)8/h9-14,17H,15-16H2,1-8H3,(H,25,31)(H,26,30). The van der Waals surface area contributed by atoms with Crippen molar-refractivity contribution in [3.63, 3.8) is 0 Å². The van der Waals surface area contributed by atoms with Crippen molar-refractivity contribution in [2.75, 3.05) is 23.7 Å². The molecule has 1 heterocycles. The summed E-state index contributed by atoms with van der Waals surface area (Å²) in [7, 11) is 0. The molecule has 0 aliphatic carbocycles. The van der Waals surface area contributed by atoms with Gasteiger partial charge in [-0.15, -0.1) is 0 Å². The molecule has 0 radical (unpaired) electrons. The van der Waals surface area contributed by atoms with Crippen molar-refractivity contribution in [1.29, 1.82) is 0 Å². The Kier molecular flexibility index (Phi) is 7.52. The van der Waals surface area contributed by atoms with Gasteiger partial charge < -0.3 is 15.5 Å². The summed E-state index contributed by atoms with van der Waals surface area (Å²) < 4.78 is 1.84. The third-order valence-electron chi connectivity index (χ3n) is 4.61. The molecule has 7 heteroatoms. The summed E-state index contributed by atoms with van der Waals surface area (Å²) in [6.07, 6.45) is 0. The van der Waals surface area contributed by atoms with Crippen LogP contribution in [0.4, 0.5) is 16.3 Å². The second kappa shape index (κ2) is 9.54. The lowest BCUT2D eigenvalue weighted by Crippen LogP contribution is -2.43. The Morgan fingerprint density at radius 3 is 2.16 bits per heavy atom. The van der Waals surface area contributed by atoms with Gasteiger partial charge in [-0.2, -0.15) is 5.10 Å². The number of hydrogen-bond acceptors (Lipinski definition) is 3. The van der Waals surface area contributed by atoms with Gasteiger partial charge in [-0.05, 0) is 38.8 Å². The van der Waals surface area contributed by atoms with Gasteiger partial charge >= 0.3 is 6.03 Å². The number of rotatable bonds is 6. The molecule has 170 valence electrons. The average Bonchev–Trinajstić information content (AvgIpc) is 3.06. The van der Waals surface area contributed by atoms with Crippen molar-refractivity contribution in [3.05, 3.63) is 42.1 Å². The summed E-state index contributed by atoms with van der Waals surface area (Å²) >= 11 is 0. The fourth-order valence-electron chi connectivity index (χ4n) is 3.09. The van der Waals surface area contributed by atoms with Crippen LogP contribution in [0.5, 0.6) is 0 Å². The number of nitrogens with one attached hydrogen (secondary N) is 2. The fourth-order valence-corrected chi connectivity index (χ4v) is 3.09. The van der Waals surface area contributed by atoms with E-state index in [2.05, 4.69) is 31.4 Å². The van der Waals surface area contributed by atoms with E-state index in [1.807, 2.05) is 75.7 Å². The second-order valence-electron chi connectivity index (χ2n) is 10.4. The van der Waals surface area contributed by atoms with Crippen LogP contribution in [-0.2, 0) is 15.7 Å². The van der Waals surface area contributed by atoms with Crippen LogP contribution in [0.25, 0.3) is 0 Å². The Hall–Kier alpha value is -2.83. The van der Waals surface area contributed by atoms with Crippen LogP contribution in [0, 0.1) is 5.92 Å². The number of hydrogen-bond donors (Lipinski definition) is 2. The maximum Gasteiger partial charge on any atom is 0.322 e. The van der Waals surface area contributed by atoms with Gasteiger partial charge in [0.05, 0.1) is 11.2 Å². The molecule has 0 aliphatic heterocycles. The zero-order valence-corrected chi connectivity index (χ0v) is 20.1. The zero-order chi connectivity index (χ0) is 23.4. The minimum atomic E-state index is -0.297. The lowest BCUT2D eigenvalue weighted by Gasteiger charge is -2.26. The third-order valence-corrected chi connectivity index (χ3v) is 4.61. The van der Waals surface area contributed by atoms with E-state index in [1.165, 1.54) is 4.90 Å². The Morgan fingerprint density at radius 2 is 1.65 bits per heavy atom. The van der Waals surface area contributed by atoms with E-state index in [0.29, 0.717) is 18.1 Å². The van der Waals surface area contributed by atoms with Crippen molar-refractivity contribution in [1.82, 2.24) is 14.7 Å². The monoisotopic (exact) mass is 427 g/mol. The fraction of sp³-hybridized carbons (Fsp3) is 0.542. The molecule has 2 N–H and O–H groups in total. The van der Waals surface area contributed by atoms with E-state index >= 15 is 0 Å². The molecule has 2 rings (SSSR count). The van der Waals surface area contributed by atoms with Crippen LogP contribution in [0.15, 0.2) is 36.4 Å². The Balaban J connectivity index is 2.19. The van der Waals surface area contributed by atoms with Gasteiger partial charge in [-0.1, -0.05) is 52.8 Å². The topological polar surface area (TPSA) is 79.3 Å². The maximum atomic E-state index is 12.9. The van der Waals surface area contributed by atoms with Crippen LogP contribution < -0.4 is 10.6 Å². The highest BCUT2D eigenvalue weighted by molar-refractivity contribution is 5.96. The molecular formula is C24H37N5O2. The summed E-state index contributed by atoms with van der Waals surface area (Å²) in [4.78, 5) is 27.3. The largest absolute Gasteiger partial charge is 0.322 e. The molecule has 2 aromatic rings. The van der Waals surface area contributed by atoms with Gasteiger partial charge in [-0.3, -0.25) is 4.79 Å². The molecule has 0 saturated carbocycles. The van der Waals surface area contributed by atoms with E-state index in [9.17, 15) is 9.59 Å². The number of anilines is 2. The zero-order valence-electron chi connectivity index (χ0n) is 20.1. The number of aromatic nitrogens is 2. The SMILES string of the molecule is CC(C)CN(CC(=O)Nc1cc(C(C)(C)C)nn1C(C)(C)C)C(=O)Nc1ccccc1. The van der Waals surface area contributed by atoms with Gasteiger partial charge in [0.25, 0.3) is 0 Å². The van der Waals surface area contributed by atoms with Gasteiger partial charge in [0.2, 0.25) is 5.91 Å². The molecule has 0 bridgehead atoms. The van der Waals surface area contributed by atoms with E-state index in [0.717, 1.165) is 5.69 Å². The number of amides is 3. The molecule has 0 aliphatic rings. The Labute approximate surface area is 186 Å². The van der Waals surface area contributed by atoms with Crippen LogP contribution in [0.2, 0.25) is 0 Å². The molecule has 7 nitrogen and oxygen atoms in total. The first-order valence-electron chi connectivity index (χ1n) is 10.8. The molecule has 1 aromatic carbocycles. The summed E-state index contributed by atoms with van der Waals surface area (Å²) in [5, 5.41) is 10.6. The first-order chi connectivity index (χ1) is 14.3. The normalized spacial score (nSPS) is 12.0. The van der Waals surface area contributed by atoms with Crippen LogP contribution in [-0.4, -0.2) is 39.7 Å². The molecule has 0 saturated heterocycles. The summed E-state index contributed by atoms with van der Waals surface area (Å²) in [6.45, 7) is 16.9. The molecule has 0 spiro atoms. The van der Waals surface area contributed by atoms with E-state index in [4.69, 9.17) is 5.10 Å². The number of nitrogens with zero attached hydrogens (tertiary/aromatic N) is 3. The molecule has 0 atom stereocenters. The number of para-hydroxylation sites is 1. The lowest BCUT2D eigenvalue weighted by molar-refractivity contribution is -0.116. The first-order valence-corrected chi connectivity index (χ1v) is 10.8. The third kappa shape index (κ3) is 7.12. The van der Waals surface area contributed by atoms with E-state index < -0.39 is 0 Å². The van der Waals surface area contributed by atoms with Crippen molar-refractivity contribution < 1.29 is 9.59 Å². The highest BCUT2D eigenvalue weighted by Gasteiger charge is 2.26. The predicted molar refractivity (Wildman–Crippen MR) is 126 cm³/mol. The predicted octanol–water partition coefficient (Wildman–Crippen LogP) is 5.06. The van der Waals surface area contributed by atoms with Crippen LogP contribution in [0.3, 0.4) is 0 Å². The van der Waals surface area contributed by atoms with Gasteiger partial charge in [0, 0.05) is 23.7 Å². The maximum absolute atomic E-state index is 12.9. The quantitative estimate of drug-likeness (QED) is 0.676. The number of carbonyl (C=O) groups excluding carboxylic acids is 2. The van der Waals surface area contributed by atoms with Crippen molar-refractivity contribution in [2.24, 2.45) is 5.92 Å². The average molecular weight is 428 g/mol. The van der Waals surface area contributed by atoms with E-state index in [1.54, 1.807) is 0 Å². The summed E-state index contributed by atoms with van der Waals surface area (Å²) in [5.41, 5.74) is 1.16.